The van der Waals surface area contributed by atoms with Gasteiger partial charge in [-0.3, -0.25) is 0 Å². The van der Waals surface area contributed by atoms with Gasteiger partial charge in [0.25, 0.3) is 0 Å². The summed E-state index contributed by atoms with van der Waals surface area (Å²) >= 11 is 3.25. The first-order chi connectivity index (χ1) is 8.81. The number of nitrogens with one attached hydrogen (secondary N) is 1. The van der Waals surface area contributed by atoms with E-state index in [4.69, 9.17) is 0 Å². The molecule has 0 amide bonds. The van der Waals surface area contributed by atoms with Crippen LogP contribution in [-0.4, -0.2) is 16.6 Å². The van der Waals surface area contributed by atoms with Gasteiger partial charge >= 0.3 is 0 Å². The van der Waals surface area contributed by atoms with E-state index in [0.717, 1.165) is 5.69 Å². The molecule has 0 aliphatic rings. The first kappa shape index (κ1) is 11.8. The van der Waals surface area contributed by atoms with Gasteiger partial charge in [0.1, 0.15) is 0 Å². The van der Waals surface area contributed by atoms with Gasteiger partial charge in [-0.05, 0) is 47.9 Å². The molecule has 0 fully saturated rings. The van der Waals surface area contributed by atoms with Crippen LogP contribution in [0.3, 0.4) is 0 Å². The van der Waals surface area contributed by atoms with Crippen LogP contribution in [0.4, 0.5) is 0 Å². The lowest BCUT2D eigenvalue weighted by atomic mass is 10.0. The van der Waals surface area contributed by atoms with Crippen LogP contribution in [0.2, 0.25) is 0 Å². The summed E-state index contributed by atoms with van der Waals surface area (Å²) < 4.78 is 5.38. The summed E-state index contributed by atoms with van der Waals surface area (Å²) in [6.45, 7) is 2.01. The molecule has 3 nitrogen and oxygen atoms in total. The molecule has 1 aromatic carbocycles. The Morgan fingerprint density at radius 3 is 2.89 bits per heavy atom. The van der Waals surface area contributed by atoms with Crippen molar-refractivity contribution in [1.82, 2.24) is 14.9 Å². The molecule has 0 aliphatic heterocycles. The van der Waals surface area contributed by atoms with E-state index in [-0.39, 0.29) is 6.04 Å². The maximum atomic E-state index is 4.11. The number of aryl methyl sites for hydroxylation is 1. The summed E-state index contributed by atoms with van der Waals surface area (Å²) in [5.74, 6) is 0. The minimum atomic E-state index is 0.173. The largest absolute Gasteiger partial charge is 0.309 e. The van der Waals surface area contributed by atoms with Crippen molar-refractivity contribution >= 4 is 33.0 Å². The molecule has 0 aliphatic carbocycles. The number of aromatic nitrogens is 2. The number of rotatable bonds is 3. The average Bonchev–Trinajstić information content (AvgIpc) is 3.00. The Hall–Kier alpha value is -1.30. The molecular formula is C13H13N3S2. The molecule has 5 heteroatoms. The fourth-order valence-electron chi connectivity index (χ4n) is 2.17. The van der Waals surface area contributed by atoms with Crippen LogP contribution in [0.25, 0.3) is 10.1 Å². The minimum Gasteiger partial charge on any atom is -0.309 e. The number of thiophene rings is 1. The smallest absolute Gasteiger partial charge is 0.0776 e. The molecule has 3 aromatic rings. The quantitative estimate of drug-likeness (QED) is 0.796. The summed E-state index contributed by atoms with van der Waals surface area (Å²) in [4.78, 5) is 1.19. The second-order valence-electron chi connectivity index (χ2n) is 4.13. The Balaban J connectivity index is 2.17. The van der Waals surface area contributed by atoms with E-state index >= 15 is 0 Å². The van der Waals surface area contributed by atoms with Gasteiger partial charge in [-0.1, -0.05) is 22.7 Å². The van der Waals surface area contributed by atoms with E-state index in [9.17, 15) is 0 Å². The molecule has 1 N–H and O–H groups in total. The van der Waals surface area contributed by atoms with Crippen LogP contribution in [0.5, 0.6) is 0 Å². The highest BCUT2D eigenvalue weighted by molar-refractivity contribution is 7.17. The highest BCUT2D eigenvalue weighted by Gasteiger charge is 2.19. The van der Waals surface area contributed by atoms with Gasteiger partial charge in [0, 0.05) is 4.70 Å². The Morgan fingerprint density at radius 1 is 1.28 bits per heavy atom. The molecule has 0 saturated carbocycles. The van der Waals surface area contributed by atoms with E-state index in [1.54, 1.807) is 11.3 Å². The van der Waals surface area contributed by atoms with E-state index in [1.807, 2.05) is 14.0 Å². The Morgan fingerprint density at radius 2 is 2.17 bits per heavy atom. The van der Waals surface area contributed by atoms with Crippen LogP contribution in [0.1, 0.15) is 22.2 Å². The number of nitrogens with zero attached hydrogens (tertiary/aromatic N) is 2. The van der Waals surface area contributed by atoms with Gasteiger partial charge in [0.2, 0.25) is 0 Å². The summed E-state index contributed by atoms with van der Waals surface area (Å²) in [5.41, 5.74) is 2.31. The summed E-state index contributed by atoms with van der Waals surface area (Å²) in [6.07, 6.45) is 0. The average molecular weight is 275 g/mol. The van der Waals surface area contributed by atoms with Gasteiger partial charge in [0.05, 0.1) is 16.6 Å². The maximum absolute atomic E-state index is 4.11. The molecule has 92 valence electrons. The van der Waals surface area contributed by atoms with Crippen molar-refractivity contribution in [3.8, 4) is 0 Å². The van der Waals surface area contributed by atoms with Crippen LogP contribution in [0, 0.1) is 6.92 Å². The molecule has 0 spiro atoms. The SMILES string of the molecule is CNC(c1snnc1C)c1cccc2ccsc12. The van der Waals surface area contributed by atoms with Crippen LogP contribution in [0.15, 0.2) is 29.6 Å². The molecule has 1 unspecified atom stereocenters. The van der Waals surface area contributed by atoms with Crippen molar-refractivity contribution in [2.24, 2.45) is 0 Å². The van der Waals surface area contributed by atoms with Gasteiger partial charge in [-0.25, -0.2) is 0 Å². The molecule has 18 heavy (non-hydrogen) atoms. The molecule has 0 radical (unpaired) electrons. The third kappa shape index (κ3) is 1.84. The molecule has 3 rings (SSSR count). The van der Waals surface area contributed by atoms with Crippen molar-refractivity contribution in [3.63, 3.8) is 0 Å². The van der Waals surface area contributed by atoms with Gasteiger partial charge < -0.3 is 5.32 Å². The standard InChI is InChI=1S/C13H13N3S2/c1-8-12(18-16-15-8)11(14-2)10-5-3-4-9-6-7-17-13(9)10/h3-7,11,14H,1-2H3. The van der Waals surface area contributed by atoms with E-state index < -0.39 is 0 Å². The zero-order valence-corrected chi connectivity index (χ0v) is 11.8. The Labute approximate surface area is 114 Å². The first-order valence-corrected chi connectivity index (χ1v) is 7.39. The lowest BCUT2D eigenvalue weighted by Gasteiger charge is -2.16. The zero-order chi connectivity index (χ0) is 12.5. The van der Waals surface area contributed by atoms with Crippen molar-refractivity contribution in [1.29, 1.82) is 0 Å². The van der Waals surface area contributed by atoms with Gasteiger partial charge in [0.15, 0.2) is 0 Å². The molecule has 0 saturated heterocycles. The van der Waals surface area contributed by atoms with E-state index in [1.165, 1.54) is 32.1 Å². The first-order valence-electron chi connectivity index (χ1n) is 5.73. The van der Waals surface area contributed by atoms with E-state index in [0.29, 0.717) is 0 Å². The topological polar surface area (TPSA) is 37.8 Å². The second-order valence-corrected chi connectivity index (χ2v) is 5.83. The van der Waals surface area contributed by atoms with Crippen molar-refractivity contribution in [3.05, 3.63) is 45.8 Å². The lowest BCUT2D eigenvalue weighted by Crippen LogP contribution is -2.17. The highest BCUT2D eigenvalue weighted by Crippen LogP contribution is 2.34. The Kier molecular flexibility index (Phi) is 3.11. The predicted octanol–water partition coefficient (Wildman–Crippen LogP) is 3.37. The zero-order valence-electron chi connectivity index (χ0n) is 10.2. The van der Waals surface area contributed by atoms with E-state index in [2.05, 4.69) is 44.5 Å². The van der Waals surface area contributed by atoms with Crippen LogP contribution in [-0.2, 0) is 0 Å². The summed E-state index contributed by atoms with van der Waals surface area (Å²) in [6, 6.07) is 8.78. The monoisotopic (exact) mass is 275 g/mol. The van der Waals surface area contributed by atoms with Crippen molar-refractivity contribution < 1.29 is 0 Å². The molecule has 0 bridgehead atoms. The molecular weight excluding hydrogens is 262 g/mol. The normalized spacial score (nSPS) is 13.0. The fraction of sp³-hybridized carbons (Fsp3) is 0.231. The predicted molar refractivity (Wildman–Crippen MR) is 77.4 cm³/mol. The third-order valence-electron chi connectivity index (χ3n) is 3.06. The number of hydrogen-bond donors (Lipinski definition) is 1. The number of hydrogen-bond acceptors (Lipinski definition) is 5. The second kappa shape index (κ2) is 4.76. The van der Waals surface area contributed by atoms with Gasteiger partial charge in [-0.15, -0.1) is 16.4 Å². The van der Waals surface area contributed by atoms with Crippen molar-refractivity contribution in [2.45, 2.75) is 13.0 Å². The number of fused-ring (bicyclic) bond motifs is 1. The summed E-state index contributed by atoms with van der Waals surface area (Å²) in [5, 5.41) is 10.9. The molecule has 2 heterocycles. The number of benzene rings is 1. The highest BCUT2D eigenvalue weighted by atomic mass is 32.1. The minimum absolute atomic E-state index is 0.173. The summed E-state index contributed by atoms with van der Waals surface area (Å²) in [7, 11) is 1.98. The van der Waals surface area contributed by atoms with Crippen LogP contribution < -0.4 is 5.32 Å². The third-order valence-corrected chi connectivity index (χ3v) is 4.93. The maximum Gasteiger partial charge on any atom is 0.0776 e. The fourth-order valence-corrected chi connectivity index (χ4v) is 3.89. The van der Waals surface area contributed by atoms with Gasteiger partial charge in [-0.2, -0.15) is 0 Å². The lowest BCUT2D eigenvalue weighted by molar-refractivity contribution is 0.703. The van der Waals surface area contributed by atoms with Crippen molar-refractivity contribution in [2.75, 3.05) is 7.05 Å². The Bertz CT molecular complexity index is 671. The molecule has 2 aromatic heterocycles. The van der Waals surface area contributed by atoms with Crippen LogP contribution >= 0.6 is 22.9 Å². The molecule has 1 atom stereocenters.